The molecule has 212 valence electrons. The van der Waals surface area contributed by atoms with Crippen molar-refractivity contribution in [2.24, 2.45) is 0 Å². The maximum Gasteiger partial charge on any atom is 0.303 e. The maximum absolute atomic E-state index is 14.2. The van der Waals surface area contributed by atoms with Gasteiger partial charge in [0.2, 0.25) is 19.7 Å². The third kappa shape index (κ3) is 7.60. The summed E-state index contributed by atoms with van der Waals surface area (Å²) in [4.78, 5) is -0.331. The summed E-state index contributed by atoms with van der Waals surface area (Å²) in [6, 6.07) is 12.0. The average molecular weight is 571 g/mol. The van der Waals surface area contributed by atoms with E-state index in [1.54, 1.807) is 24.3 Å². The molecule has 38 heavy (non-hydrogen) atoms. The van der Waals surface area contributed by atoms with Gasteiger partial charge < -0.3 is 29.6 Å². The van der Waals surface area contributed by atoms with Crippen LogP contribution in [0.15, 0.2) is 58.3 Å². The topological polar surface area (TPSA) is 129 Å². The lowest BCUT2D eigenvalue weighted by atomic mass is 10.2. The Balaban J connectivity index is 2.02. The molecule has 0 spiro atoms. The number of rotatable bonds is 4. The molecule has 0 amide bonds. The van der Waals surface area contributed by atoms with Gasteiger partial charge in [0.15, 0.2) is 0 Å². The molecule has 0 aromatic heterocycles. The van der Waals surface area contributed by atoms with Crippen molar-refractivity contribution < 1.29 is 35.8 Å². The van der Waals surface area contributed by atoms with Gasteiger partial charge in [-0.05, 0) is 38.1 Å². The number of aryl methyl sites for hydroxylation is 2. The van der Waals surface area contributed by atoms with Crippen LogP contribution in [0.5, 0.6) is 0 Å². The van der Waals surface area contributed by atoms with Crippen LogP contribution in [0.1, 0.15) is 11.1 Å². The lowest BCUT2D eigenvalue weighted by Crippen LogP contribution is -2.53. The van der Waals surface area contributed by atoms with Crippen LogP contribution in [-0.4, -0.2) is 93.5 Å². The van der Waals surface area contributed by atoms with E-state index in [1.165, 1.54) is 24.3 Å². The van der Waals surface area contributed by atoms with Crippen molar-refractivity contribution >= 4 is 19.7 Å². The quantitative estimate of drug-likeness (QED) is 0.557. The Hall–Kier alpha value is -1.90. The van der Waals surface area contributed by atoms with Gasteiger partial charge in [0.25, 0.3) is 0 Å². The first-order chi connectivity index (χ1) is 18.2. The van der Waals surface area contributed by atoms with Gasteiger partial charge in [-0.2, -0.15) is 0 Å². The molecule has 12 heteroatoms. The SMILES string of the molecule is Cc1ccc(S(=O)(=O)C2(S(=O)(=O)c3ccc(C)cc3)COCCNCCOCCOCCNCCO2)cc1. The lowest BCUT2D eigenvalue weighted by Gasteiger charge is -2.33. The van der Waals surface area contributed by atoms with Crippen LogP contribution in [0.4, 0.5) is 0 Å². The molecule has 2 N–H and O–H groups in total. The summed E-state index contributed by atoms with van der Waals surface area (Å²) in [7, 11) is -9.23. The van der Waals surface area contributed by atoms with E-state index in [2.05, 4.69) is 10.6 Å². The van der Waals surface area contributed by atoms with Gasteiger partial charge in [0.05, 0.1) is 49.4 Å². The Labute approximate surface area is 225 Å². The van der Waals surface area contributed by atoms with E-state index in [1.807, 2.05) is 13.8 Å². The molecule has 2 aromatic carbocycles. The molecule has 1 saturated heterocycles. The second kappa shape index (κ2) is 14.5. The summed E-state index contributed by atoms with van der Waals surface area (Å²) in [5.41, 5.74) is 1.67. The highest BCUT2D eigenvalue weighted by Gasteiger charge is 2.58. The third-order valence-corrected chi connectivity index (χ3v) is 11.2. The fraction of sp³-hybridized carbons (Fsp3) is 0.538. The number of sulfone groups is 2. The normalized spacial score (nSPS) is 19.7. The number of hydrogen-bond donors (Lipinski definition) is 2. The van der Waals surface area contributed by atoms with Crippen LogP contribution in [0, 0.1) is 13.8 Å². The highest BCUT2D eigenvalue weighted by molar-refractivity contribution is 8.10. The average Bonchev–Trinajstić information content (AvgIpc) is 2.89. The third-order valence-electron chi connectivity index (χ3n) is 6.00. The van der Waals surface area contributed by atoms with Gasteiger partial charge in [-0.1, -0.05) is 35.4 Å². The smallest absolute Gasteiger partial charge is 0.303 e. The van der Waals surface area contributed by atoms with E-state index < -0.39 is 30.5 Å². The molecular weight excluding hydrogens is 532 g/mol. The van der Waals surface area contributed by atoms with E-state index >= 15 is 0 Å². The van der Waals surface area contributed by atoms with Crippen LogP contribution in [0.25, 0.3) is 0 Å². The van der Waals surface area contributed by atoms with Crippen molar-refractivity contribution in [3.8, 4) is 0 Å². The molecule has 10 nitrogen and oxygen atoms in total. The molecule has 1 aliphatic heterocycles. The molecule has 3 rings (SSSR count). The Morgan fingerprint density at radius 3 is 1.42 bits per heavy atom. The van der Waals surface area contributed by atoms with E-state index in [4.69, 9.17) is 18.9 Å². The summed E-state index contributed by atoms with van der Waals surface area (Å²) in [6.45, 7) is 6.23. The van der Waals surface area contributed by atoms with Gasteiger partial charge in [0, 0.05) is 26.2 Å². The minimum atomic E-state index is -4.61. The van der Waals surface area contributed by atoms with Crippen LogP contribution >= 0.6 is 0 Å². The summed E-state index contributed by atoms with van der Waals surface area (Å²) >= 11 is 0. The zero-order chi connectivity index (χ0) is 27.5. The van der Waals surface area contributed by atoms with Gasteiger partial charge in [0.1, 0.15) is 6.61 Å². The zero-order valence-electron chi connectivity index (χ0n) is 22.0. The highest BCUT2D eigenvalue weighted by atomic mass is 32.3. The molecule has 0 saturated carbocycles. The Bertz CT molecular complexity index is 1110. The molecular formula is C26H38N2O8S2. The van der Waals surface area contributed by atoms with Crippen molar-refractivity contribution in [1.29, 1.82) is 0 Å². The Morgan fingerprint density at radius 1 is 0.579 bits per heavy atom. The van der Waals surface area contributed by atoms with E-state index in [0.29, 0.717) is 46.1 Å². The number of nitrogens with one attached hydrogen (secondary N) is 2. The number of ether oxygens (including phenoxy) is 4. The Kier molecular flexibility index (Phi) is 11.7. The number of benzene rings is 2. The molecule has 1 aliphatic rings. The van der Waals surface area contributed by atoms with Crippen molar-refractivity contribution in [1.82, 2.24) is 10.6 Å². The van der Waals surface area contributed by atoms with Crippen LogP contribution < -0.4 is 10.6 Å². The summed E-state index contributed by atoms with van der Waals surface area (Å²) in [5, 5.41) is 6.22. The van der Waals surface area contributed by atoms with Gasteiger partial charge >= 0.3 is 4.27 Å². The van der Waals surface area contributed by atoms with E-state index in [9.17, 15) is 16.8 Å². The summed E-state index contributed by atoms with van der Waals surface area (Å²) in [6.07, 6.45) is 0. The maximum atomic E-state index is 14.2. The minimum absolute atomic E-state index is 0.0688. The predicted octanol–water partition coefficient (Wildman–Crippen LogP) is 1.46. The van der Waals surface area contributed by atoms with Gasteiger partial charge in [-0.15, -0.1) is 0 Å². The van der Waals surface area contributed by atoms with Crippen molar-refractivity contribution in [3.63, 3.8) is 0 Å². The molecule has 2 aromatic rings. The van der Waals surface area contributed by atoms with Crippen molar-refractivity contribution in [2.75, 3.05) is 72.4 Å². The van der Waals surface area contributed by atoms with Crippen LogP contribution in [-0.2, 0) is 38.6 Å². The minimum Gasteiger partial charge on any atom is -0.378 e. The molecule has 0 atom stereocenters. The summed E-state index contributed by atoms with van der Waals surface area (Å²) in [5.74, 6) is 0. The summed E-state index contributed by atoms with van der Waals surface area (Å²) < 4.78 is 76.6. The Morgan fingerprint density at radius 2 is 0.974 bits per heavy atom. The number of hydrogen-bond acceptors (Lipinski definition) is 10. The monoisotopic (exact) mass is 570 g/mol. The fourth-order valence-corrected chi connectivity index (χ4v) is 8.16. The second-order valence-corrected chi connectivity index (χ2v) is 13.5. The fourth-order valence-electron chi connectivity index (χ4n) is 3.77. The van der Waals surface area contributed by atoms with E-state index in [-0.39, 0.29) is 29.5 Å². The largest absolute Gasteiger partial charge is 0.378 e. The van der Waals surface area contributed by atoms with Crippen LogP contribution in [0.3, 0.4) is 0 Å². The van der Waals surface area contributed by atoms with E-state index in [0.717, 1.165) is 11.1 Å². The van der Waals surface area contributed by atoms with Crippen molar-refractivity contribution in [3.05, 3.63) is 59.7 Å². The second-order valence-electron chi connectivity index (χ2n) is 8.94. The highest BCUT2D eigenvalue weighted by Crippen LogP contribution is 2.37. The standard InChI is InChI=1S/C26H38N2O8S2/c1-22-3-7-24(8-4-22)37(29,30)26(38(31,32)25-9-5-23(2)6-10-25)21-35-17-13-27-11-15-33-19-20-34-16-12-28-14-18-36-26/h3-10,27-28H,11-21H2,1-2H3. The first-order valence-electron chi connectivity index (χ1n) is 12.6. The molecule has 0 radical (unpaired) electrons. The molecule has 1 fully saturated rings. The molecule has 0 unspecified atom stereocenters. The molecule has 1 heterocycles. The zero-order valence-corrected chi connectivity index (χ0v) is 23.6. The van der Waals surface area contributed by atoms with Gasteiger partial charge in [-0.25, -0.2) is 16.8 Å². The first kappa shape index (κ1) is 30.6. The molecule has 0 aliphatic carbocycles. The van der Waals surface area contributed by atoms with Crippen molar-refractivity contribution in [2.45, 2.75) is 27.9 Å². The van der Waals surface area contributed by atoms with Crippen LogP contribution in [0.2, 0.25) is 0 Å². The lowest BCUT2D eigenvalue weighted by molar-refractivity contribution is 0.000272. The molecule has 0 bridgehead atoms. The predicted molar refractivity (Wildman–Crippen MR) is 144 cm³/mol. The first-order valence-corrected chi connectivity index (χ1v) is 15.6. The van der Waals surface area contributed by atoms with Gasteiger partial charge in [-0.3, -0.25) is 0 Å².